The average molecular weight is 268 g/mol. The molecular weight excluding hydrogens is 248 g/mol. The fourth-order valence-electron chi connectivity index (χ4n) is 2.33. The Bertz CT molecular complexity index is 419. The molecule has 1 heterocycles. The standard InChI is InChI=1S/C13H20N2O4/c1-17-10-3-2-4-11(6-10)19-8-12-5-9(7-18-12)13(16)15-14/h5,7,10-11H,2-4,6,8,14H2,1H3,(H,15,16). The average Bonchev–Trinajstić information content (AvgIpc) is 2.93. The van der Waals surface area contributed by atoms with Gasteiger partial charge in [0.05, 0.1) is 17.8 Å². The Morgan fingerprint density at radius 1 is 1.53 bits per heavy atom. The van der Waals surface area contributed by atoms with Crippen molar-refractivity contribution in [2.45, 2.75) is 44.5 Å². The molecule has 1 aromatic heterocycles. The molecule has 6 heteroatoms. The first-order valence-corrected chi connectivity index (χ1v) is 6.45. The predicted octanol–water partition coefficient (Wildman–Crippen LogP) is 1.36. The Morgan fingerprint density at radius 3 is 3.05 bits per heavy atom. The number of hydrogen-bond donors (Lipinski definition) is 2. The van der Waals surface area contributed by atoms with E-state index in [2.05, 4.69) is 5.43 Å². The van der Waals surface area contributed by atoms with Crippen LogP contribution < -0.4 is 11.3 Å². The highest BCUT2D eigenvalue weighted by atomic mass is 16.5. The number of rotatable bonds is 5. The third kappa shape index (κ3) is 3.79. The molecule has 106 valence electrons. The zero-order valence-corrected chi connectivity index (χ0v) is 11.1. The highest BCUT2D eigenvalue weighted by Crippen LogP contribution is 2.24. The molecule has 1 aliphatic rings. The summed E-state index contributed by atoms with van der Waals surface area (Å²) in [6, 6.07) is 1.64. The molecular formula is C13H20N2O4. The van der Waals surface area contributed by atoms with Gasteiger partial charge in [-0.25, -0.2) is 5.84 Å². The van der Waals surface area contributed by atoms with Gasteiger partial charge in [-0.05, 0) is 31.7 Å². The first-order valence-electron chi connectivity index (χ1n) is 6.45. The highest BCUT2D eigenvalue weighted by Gasteiger charge is 2.22. The minimum Gasteiger partial charge on any atom is -0.466 e. The molecule has 1 aromatic rings. The van der Waals surface area contributed by atoms with Crippen molar-refractivity contribution in [2.75, 3.05) is 7.11 Å². The summed E-state index contributed by atoms with van der Waals surface area (Å²) in [6.07, 6.45) is 6.01. The summed E-state index contributed by atoms with van der Waals surface area (Å²) in [7, 11) is 1.73. The van der Waals surface area contributed by atoms with Gasteiger partial charge in [0.15, 0.2) is 0 Å². The third-order valence-electron chi connectivity index (χ3n) is 3.42. The molecule has 2 atom stereocenters. The van der Waals surface area contributed by atoms with Gasteiger partial charge >= 0.3 is 0 Å². The van der Waals surface area contributed by atoms with Crippen LogP contribution in [0.5, 0.6) is 0 Å². The van der Waals surface area contributed by atoms with E-state index in [9.17, 15) is 4.79 Å². The molecule has 0 spiro atoms. The SMILES string of the molecule is COC1CCCC(OCc2cc(C(=O)NN)co2)C1. The van der Waals surface area contributed by atoms with Gasteiger partial charge in [0, 0.05) is 7.11 Å². The fourth-order valence-corrected chi connectivity index (χ4v) is 2.33. The van der Waals surface area contributed by atoms with Crippen molar-refractivity contribution in [1.82, 2.24) is 5.43 Å². The predicted molar refractivity (Wildman–Crippen MR) is 68.2 cm³/mol. The van der Waals surface area contributed by atoms with Gasteiger partial charge in [-0.15, -0.1) is 0 Å². The van der Waals surface area contributed by atoms with Crippen LogP contribution in [0.25, 0.3) is 0 Å². The molecule has 3 N–H and O–H groups in total. The summed E-state index contributed by atoms with van der Waals surface area (Å²) in [5.74, 6) is 5.30. The second kappa shape index (κ2) is 6.70. The van der Waals surface area contributed by atoms with E-state index in [0.29, 0.717) is 17.9 Å². The van der Waals surface area contributed by atoms with Crippen LogP contribution in [0.2, 0.25) is 0 Å². The lowest BCUT2D eigenvalue weighted by atomic mass is 9.95. The van der Waals surface area contributed by atoms with Crippen molar-refractivity contribution < 1.29 is 18.7 Å². The summed E-state index contributed by atoms with van der Waals surface area (Å²) in [5, 5.41) is 0. The maximum absolute atomic E-state index is 11.3. The van der Waals surface area contributed by atoms with E-state index >= 15 is 0 Å². The summed E-state index contributed by atoms with van der Waals surface area (Å²) >= 11 is 0. The number of hydrazine groups is 1. The Morgan fingerprint density at radius 2 is 2.32 bits per heavy atom. The number of ether oxygens (including phenoxy) is 2. The first-order chi connectivity index (χ1) is 9.22. The van der Waals surface area contributed by atoms with Crippen molar-refractivity contribution in [1.29, 1.82) is 0 Å². The van der Waals surface area contributed by atoms with E-state index in [-0.39, 0.29) is 18.1 Å². The van der Waals surface area contributed by atoms with E-state index in [4.69, 9.17) is 19.7 Å². The quantitative estimate of drug-likeness (QED) is 0.478. The molecule has 1 fully saturated rings. The number of carbonyl (C=O) groups excluding carboxylic acids is 1. The van der Waals surface area contributed by atoms with Gasteiger partial charge in [-0.1, -0.05) is 0 Å². The second-order valence-corrected chi connectivity index (χ2v) is 4.73. The van der Waals surface area contributed by atoms with Crippen molar-refractivity contribution in [3.8, 4) is 0 Å². The molecule has 0 radical (unpaired) electrons. The normalized spacial score (nSPS) is 23.3. The van der Waals surface area contributed by atoms with E-state index in [1.165, 1.54) is 6.26 Å². The van der Waals surface area contributed by atoms with Crippen LogP contribution in [0.15, 0.2) is 16.7 Å². The largest absolute Gasteiger partial charge is 0.466 e. The number of amides is 1. The smallest absolute Gasteiger partial charge is 0.268 e. The summed E-state index contributed by atoms with van der Waals surface area (Å²) in [6.45, 7) is 0.360. The Balaban J connectivity index is 1.81. The van der Waals surface area contributed by atoms with E-state index < -0.39 is 0 Å². The second-order valence-electron chi connectivity index (χ2n) is 4.73. The molecule has 6 nitrogen and oxygen atoms in total. The van der Waals surface area contributed by atoms with Crippen LogP contribution in [0.1, 0.15) is 41.8 Å². The van der Waals surface area contributed by atoms with Gasteiger partial charge in [0.2, 0.25) is 0 Å². The van der Waals surface area contributed by atoms with Crippen LogP contribution in [-0.2, 0) is 16.1 Å². The van der Waals surface area contributed by atoms with Crippen LogP contribution in [0.4, 0.5) is 0 Å². The maximum atomic E-state index is 11.3. The van der Waals surface area contributed by atoms with Crippen LogP contribution >= 0.6 is 0 Å². The molecule has 0 aliphatic heterocycles. The molecule has 0 bridgehead atoms. The lowest BCUT2D eigenvalue weighted by Gasteiger charge is -2.27. The van der Waals surface area contributed by atoms with Crippen LogP contribution in [0, 0.1) is 0 Å². The maximum Gasteiger partial charge on any atom is 0.268 e. The van der Waals surface area contributed by atoms with Gasteiger partial charge in [0.25, 0.3) is 5.91 Å². The van der Waals surface area contributed by atoms with Gasteiger partial charge in [-0.2, -0.15) is 0 Å². The molecule has 0 saturated heterocycles. The van der Waals surface area contributed by atoms with E-state index in [1.54, 1.807) is 13.2 Å². The monoisotopic (exact) mass is 268 g/mol. The van der Waals surface area contributed by atoms with Gasteiger partial charge in [0.1, 0.15) is 18.6 Å². The highest BCUT2D eigenvalue weighted by molar-refractivity contribution is 5.93. The lowest BCUT2D eigenvalue weighted by molar-refractivity contribution is -0.0405. The molecule has 0 aromatic carbocycles. The number of hydrogen-bond acceptors (Lipinski definition) is 5. The van der Waals surface area contributed by atoms with Crippen molar-refractivity contribution in [3.05, 3.63) is 23.7 Å². The molecule has 2 unspecified atom stereocenters. The molecule has 1 aliphatic carbocycles. The number of nitrogens with one attached hydrogen (secondary N) is 1. The first kappa shape index (κ1) is 14.0. The minimum atomic E-state index is -0.368. The molecule has 2 rings (SSSR count). The van der Waals surface area contributed by atoms with Crippen molar-refractivity contribution in [2.24, 2.45) is 5.84 Å². The molecule has 1 saturated carbocycles. The topological polar surface area (TPSA) is 86.7 Å². The van der Waals surface area contributed by atoms with Gasteiger partial charge in [-0.3, -0.25) is 10.2 Å². The third-order valence-corrected chi connectivity index (χ3v) is 3.42. The summed E-state index contributed by atoms with van der Waals surface area (Å²) in [5.41, 5.74) is 2.46. The zero-order valence-electron chi connectivity index (χ0n) is 11.1. The van der Waals surface area contributed by atoms with Crippen LogP contribution in [0.3, 0.4) is 0 Å². The van der Waals surface area contributed by atoms with Crippen LogP contribution in [-0.4, -0.2) is 25.2 Å². The summed E-state index contributed by atoms with van der Waals surface area (Å²) < 4.78 is 16.4. The van der Waals surface area contributed by atoms with Crippen molar-refractivity contribution >= 4 is 5.91 Å². The Labute approximate surface area is 112 Å². The Kier molecular flexibility index (Phi) is 4.95. The van der Waals surface area contributed by atoms with E-state index in [0.717, 1.165) is 25.7 Å². The Hall–Kier alpha value is -1.37. The number of nitrogen functional groups attached to an aromatic ring is 1. The molecule has 1 amide bonds. The van der Waals surface area contributed by atoms with E-state index in [1.807, 2.05) is 0 Å². The summed E-state index contributed by atoms with van der Waals surface area (Å²) in [4.78, 5) is 11.3. The lowest BCUT2D eigenvalue weighted by Crippen LogP contribution is -2.29. The number of carbonyl (C=O) groups is 1. The number of nitrogens with two attached hydrogens (primary N) is 1. The fraction of sp³-hybridized carbons (Fsp3) is 0.615. The minimum absolute atomic E-state index is 0.190. The van der Waals surface area contributed by atoms with Crippen molar-refractivity contribution in [3.63, 3.8) is 0 Å². The number of furan rings is 1. The molecule has 19 heavy (non-hydrogen) atoms. The number of methoxy groups -OCH3 is 1. The van der Waals surface area contributed by atoms with Gasteiger partial charge < -0.3 is 13.9 Å². The zero-order chi connectivity index (χ0) is 13.7.